The van der Waals surface area contributed by atoms with Gasteiger partial charge in [-0.25, -0.2) is 0 Å². The SMILES string of the molecule is CC(C)(C#N)[N+]([O-])=Cc1ccc(Cl)cc1Cl. The number of nitrogens with zero attached hydrogens (tertiary/aromatic N) is 2. The summed E-state index contributed by atoms with van der Waals surface area (Å²) in [6, 6.07) is 6.71. The number of benzene rings is 1. The highest BCUT2D eigenvalue weighted by molar-refractivity contribution is 6.36. The summed E-state index contributed by atoms with van der Waals surface area (Å²) in [5, 5.41) is 21.3. The van der Waals surface area contributed by atoms with Crippen molar-refractivity contribution in [3.63, 3.8) is 0 Å². The molecule has 0 bridgehead atoms. The largest absolute Gasteiger partial charge is 0.623 e. The molecule has 0 atom stereocenters. The molecule has 1 rings (SSSR count). The lowest BCUT2D eigenvalue weighted by Crippen LogP contribution is -2.31. The minimum absolute atomic E-state index is 0.377. The Morgan fingerprint density at radius 3 is 2.56 bits per heavy atom. The first kappa shape index (κ1) is 12.8. The van der Waals surface area contributed by atoms with Gasteiger partial charge in [0.1, 0.15) is 6.07 Å². The first-order valence-electron chi connectivity index (χ1n) is 4.54. The maximum absolute atomic E-state index is 11.6. The van der Waals surface area contributed by atoms with Crippen molar-refractivity contribution >= 4 is 29.4 Å². The zero-order chi connectivity index (χ0) is 12.3. The van der Waals surface area contributed by atoms with E-state index < -0.39 is 5.54 Å². The monoisotopic (exact) mass is 256 g/mol. The van der Waals surface area contributed by atoms with Gasteiger partial charge in [-0.05, 0) is 18.2 Å². The summed E-state index contributed by atoms with van der Waals surface area (Å²) in [6.07, 6.45) is 1.28. The second kappa shape index (κ2) is 4.73. The molecule has 1 aromatic carbocycles. The minimum atomic E-state index is -1.12. The van der Waals surface area contributed by atoms with E-state index in [4.69, 9.17) is 28.5 Å². The van der Waals surface area contributed by atoms with E-state index in [1.165, 1.54) is 20.1 Å². The third kappa shape index (κ3) is 2.88. The Kier molecular flexibility index (Phi) is 3.79. The number of rotatable bonds is 2. The molecule has 0 aromatic heterocycles. The third-order valence-corrected chi connectivity index (χ3v) is 2.61. The van der Waals surface area contributed by atoms with E-state index in [1.807, 2.05) is 6.07 Å². The zero-order valence-electron chi connectivity index (χ0n) is 8.87. The van der Waals surface area contributed by atoms with E-state index in [9.17, 15) is 5.21 Å². The summed E-state index contributed by atoms with van der Waals surface area (Å²) in [7, 11) is 0. The van der Waals surface area contributed by atoms with Crippen LogP contribution in [-0.2, 0) is 0 Å². The Morgan fingerprint density at radius 2 is 2.06 bits per heavy atom. The summed E-state index contributed by atoms with van der Waals surface area (Å²) in [5.74, 6) is 0. The predicted octanol–water partition coefficient (Wildman–Crippen LogP) is 3.22. The molecule has 0 amide bonds. The first-order valence-corrected chi connectivity index (χ1v) is 5.30. The van der Waals surface area contributed by atoms with Crippen LogP contribution in [0.4, 0.5) is 0 Å². The van der Waals surface area contributed by atoms with E-state index >= 15 is 0 Å². The highest BCUT2D eigenvalue weighted by Crippen LogP contribution is 2.20. The van der Waals surface area contributed by atoms with Crippen LogP contribution < -0.4 is 0 Å². The van der Waals surface area contributed by atoms with Gasteiger partial charge in [-0.3, -0.25) is 0 Å². The maximum atomic E-state index is 11.6. The van der Waals surface area contributed by atoms with Gasteiger partial charge in [0.05, 0.1) is 10.6 Å². The highest BCUT2D eigenvalue weighted by Gasteiger charge is 2.25. The van der Waals surface area contributed by atoms with Crippen molar-refractivity contribution in [1.82, 2.24) is 0 Å². The molecule has 5 heteroatoms. The highest BCUT2D eigenvalue weighted by atomic mass is 35.5. The summed E-state index contributed by atoms with van der Waals surface area (Å²) in [6.45, 7) is 3.06. The van der Waals surface area contributed by atoms with Gasteiger partial charge in [0.15, 0.2) is 6.21 Å². The minimum Gasteiger partial charge on any atom is -0.623 e. The molecule has 0 aliphatic heterocycles. The molecule has 16 heavy (non-hydrogen) atoms. The van der Waals surface area contributed by atoms with Crippen molar-refractivity contribution in [3.05, 3.63) is 39.0 Å². The molecule has 0 saturated carbocycles. The molecular weight excluding hydrogens is 247 g/mol. The third-order valence-electron chi connectivity index (χ3n) is 2.04. The van der Waals surface area contributed by atoms with E-state index in [2.05, 4.69) is 0 Å². The fourth-order valence-corrected chi connectivity index (χ4v) is 1.40. The van der Waals surface area contributed by atoms with Crippen molar-refractivity contribution < 1.29 is 4.74 Å². The summed E-state index contributed by atoms with van der Waals surface area (Å²) in [5.41, 5.74) is -0.590. The standard InChI is InChI=1S/C11H10Cl2N2O/c1-11(2,7-14)15(16)6-8-3-4-9(12)5-10(8)13/h3-6H,1-2H3. The number of halogens is 2. The zero-order valence-corrected chi connectivity index (χ0v) is 10.4. The van der Waals surface area contributed by atoms with Gasteiger partial charge >= 0.3 is 0 Å². The molecule has 0 saturated heterocycles. The first-order chi connectivity index (χ1) is 7.36. The Balaban J connectivity index is 3.14. The van der Waals surface area contributed by atoms with Crippen molar-refractivity contribution in [1.29, 1.82) is 5.26 Å². The van der Waals surface area contributed by atoms with E-state index in [-0.39, 0.29) is 0 Å². The van der Waals surface area contributed by atoms with Crippen molar-refractivity contribution in [2.45, 2.75) is 19.4 Å². The number of hydrogen-bond acceptors (Lipinski definition) is 2. The van der Waals surface area contributed by atoms with Crippen molar-refractivity contribution in [2.24, 2.45) is 0 Å². The lowest BCUT2D eigenvalue weighted by atomic mass is 10.1. The van der Waals surface area contributed by atoms with Gasteiger partial charge in [0, 0.05) is 18.9 Å². The average molecular weight is 257 g/mol. The quantitative estimate of drug-likeness (QED) is 0.353. The Bertz CT molecular complexity index is 475. The molecule has 0 aliphatic rings. The van der Waals surface area contributed by atoms with Gasteiger partial charge in [-0.2, -0.15) is 10.0 Å². The second-order valence-electron chi connectivity index (χ2n) is 3.79. The lowest BCUT2D eigenvalue weighted by Gasteiger charge is -2.15. The van der Waals surface area contributed by atoms with Crippen LogP contribution >= 0.6 is 23.2 Å². The molecule has 0 fully saturated rings. The molecule has 0 aliphatic carbocycles. The summed E-state index contributed by atoms with van der Waals surface area (Å²) < 4.78 is 0.572. The number of nitriles is 1. The molecule has 1 aromatic rings. The molecule has 0 unspecified atom stereocenters. The lowest BCUT2D eigenvalue weighted by molar-refractivity contribution is -0.517. The molecule has 0 heterocycles. The molecule has 0 radical (unpaired) electrons. The van der Waals surface area contributed by atoms with Gasteiger partial charge in [-0.15, -0.1) is 0 Å². The average Bonchev–Trinajstić information content (AvgIpc) is 2.22. The maximum Gasteiger partial charge on any atom is 0.252 e. The van der Waals surface area contributed by atoms with Gasteiger partial charge in [0.2, 0.25) is 0 Å². The second-order valence-corrected chi connectivity index (χ2v) is 4.64. The fraction of sp³-hybridized carbons (Fsp3) is 0.273. The number of hydroxylamine groups is 1. The summed E-state index contributed by atoms with van der Waals surface area (Å²) in [4.78, 5) is 0. The van der Waals surface area contributed by atoms with Crippen LogP contribution in [0.3, 0.4) is 0 Å². The molecule has 0 N–H and O–H groups in total. The molecular formula is C11H10Cl2N2O. The van der Waals surface area contributed by atoms with Crippen LogP contribution in [0.15, 0.2) is 18.2 Å². The van der Waals surface area contributed by atoms with Crippen LogP contribution in [-0.4, -0.2) is 16.5 Å². The van der Waals surface area contributed by atoms with Crippen LogP contribution in [0.1, 0.15) is 19.4 Å². The van der Waals surface area contributed by atoms with Crippen molar-refractivity contribution in [2.75, 3.05) is 0 Å². The predicted molar refractivity (Wildman–Crippen MR) is 64.9 cm³/mol. The van der Waals surface area contributed by atoms with Gasteiger partial charge < -0.3 is 5.21 Å². The Hall–Kier alpha value is -1.24. The van der Waals surface area contributed by atoms with E-state index in [1.54, 1.807) is 18.2 Å². The normalized spacial score (nSPS) is 12.3. The molecule has 84 valence electrons. The molecule has 3 nitrogen and oxygen atoms in total. The fourth-order valence-electron chi connectivity index (χ4n) is 0.943. The molecule has 0 spiro atoms. The van der Waals surface area contributed by atoms with Gasteiger partial charge in [-0.1, -0.05) is 23.2 Å². The van der Waals surface area contributed by atoms with Gasteiger partial charge in [0.25, 0.3) is 5.54 Å². The smallest absolute Gasteiger partial charge is 0.252 e. The van der Waals surface area contributed by atoms with Crippen LogP contribution in [0.25, 0.3) is 0 Å². The Morgan fingerprint density at radius 1 is 1.44 bits per heavy atom. The van der Waals surface area contributed by atoms with Crippen molar-refractivity contribution in [3.8, 4) is 6.07 Å². The van der Waals surface area contributed by atoms with E-state index in [0.29, 0.717) is 20.3 Å². The van der Waals surface area contributed by atoms with Crippen LogP contribution in [0, 0.1) is 16.5 Å². The van der Waals surface area contributed by atoms with Crippen LogP contribution in [0.5, 0.6) is 0 Å². The van der Waals surface area contributed by atoms with Crippen LogP contribution in [0.2, 0.25) is 10.0 Å². The summed E-state index contributed by atoms with van der Waals surface area (Å²) >= 11 is 11.6. The number of hydrogen-bond donors (Lipinski definition) is 0. The van der Waals surface area contributed by atoms with E-state index in [0.717, 1.165) is 0 Å². The Labute approximate surface area is 104 Å². The topological polar surface area (TPSA) is 49.9 Å².